The van der Waals surface area contributed by atoms with Gasteiger partial charge in [0, 0.05) is 40.2 Å². The van der Waals surface area contributed by atoms with Crippen LogP contribution < -0.4 is 10.6 Å². The van der Waals surface area contributed by atoms with Crippen LogP contribution in [-0.2, 0) is 18.2 Å². The van der Waals surface area contributed by atoms with Gasteiger partial charge in [-0.15, -0.1) is 0 Å². The highest BCUT2D eigenvalue weighted by Gasteiger charge is 2.23. The predicted molar refractivity (Wildman–Crippen MR) is 93.1 cm³/mol. The van der Waals surface area contributed by atoms with Gasteiger partial charge >= 0.3 is 6.03 Å². The zero-order valence-corrected chi connectivity index (χ0v) is 14.3. The van der Waals surface area contributed by atoms with E-state index in [0.29, 0.717) is 13.2 Å². The molecule has 1 aliphatic heterocycles. The Morgan fingerprint density at radius 3 is 3.04 bits per heavy atom. The first-order valence-electron chi connectivity index (χ1n) is 8.36. The van der Waals surface area contributed by atoms with Crippen LogP contribution in [-0.4, -0.2) is 66.4 Å². The zero-order chi connectivity index (χ0) is 16.9. The van der Waals surface area contributed by atoms with Gasteiger partial charge in [0.2, 0.25) is 0 Å². The van der Waals surface area contributed by atoms with E-state index in [1.54, 1.807) is 7.05 Å². The summed E-state index contributed by atoms with van der Waals surface area (Å²) in [5.74, 6) is 1.08. The van der Waals surface area contributed by atoms with E-state index < -0.39 is 0 Å². The van der Waals surface area contributed by atoms with E-state index in [9.17, 15) is 4.79 Å². The number of morpholine rings is 1. The number of fused-ring (bicyclic) bond motifs is 1. The zero-order valence-electron chi connectivity index (χ0n) is 14.3. The number of hydrogen-bond donors (Lipinski definition) is 2. The van der Waals surface area contributed by atoms with Crippen molar-refractivity contribution in [2.45, 2.75) is 12.5 Å². The summed E-state index contributed by atoms with van der Waals surface area (Å²) in [5, 5.41) is 5.45. The molecule has 1 saturated heterocycles. The van der Waals surface area contributed by atoms with Crippen molar-refractivity contribution in [1.29, 1.82) is 0 Å². The number of nitrogens with zero attached hydrogens (tertiary/aromatic N) is 3. The molecule has 1 unspecified atom stereocenters. The molecule has 0 radical (unpaired) electrons. The Balaban J connectivity index is 1.62. The molecule has 0 aliphatic carbocycles. The van der Waals surface area contributed by atoms with Crippen molar-refractivity contribution in [2.75, 3.05) is 39.9 Å². The van der Waals surface area contributed by atoms with Gasteiger partial charge in [-0.1, -0.05) is 12.1 Å². The number of carbonyl (C=O) groups excluding carboxylic acids is 1. The summed E-state index contributed by atoms with van der Waals surface area (Å²) in [5.41, 5.74) is 2.20. The first kappa shape index (κ1) is 16.7. The van der Waals surface area contributed by atoms with Crippen molar-refractivity contribution in [3.8, 4) is 0 Å². The first-order chi connectivity index (χ1) is 11.7. The van der Waals surface area contributed by atoms with Crippen LogP contribution in [0.5, 0.6) is 0 Å². The standard InChI is InChI=1S/C17H25N5O2/c1-18-17(23)19-11-13-12-24-10-9-22(13)8-7-16-20-14-5-3-4-6-15(14)21(16)2/h3-6,13H,7-12H2,1-2H3,(H2,18,19,23). The molecule has 1 aromatic carbocycles. The molecule has 1 fully saturated rings. The Morgan fingerprint density at radius 2 is 2.25 bits per heavy atom. The maximum atomic E-state index is 11.4. The molecule has 130 valence electrons. The number of nitrogens with one attached hydrogen (secondary N) is 2. The van der Waals surface area contributed by atoms with Crippen molar-refractivity contribution >= 4 is 17.1 Å². The van der Waals surface area contributed by atoms with E-state index >= 15 is 0 Å². The van der Waals surface area contributed by atoms with Crippen LogP contribution in [0.2, 0.25) is 0 Å². The first-order valence-corrected chi connectivity index (χ1v) is 8.36. The Bertz CT molecular complexity index is 699. The number of urea groups is 1. The number of imidazole rings is 1. The Hall–Kier alpha value is -2.12. The molecule has 2 N–H and O–H groups in total. The molecule has 1 atom stereocenters. The smallest absolute Gasteiger partial charge is 0.314 e. The molecule has 7 nitrogen and oxygen atoms in total. The average molecular weight is 331 g/mol. The molecular weight excluding hydrogens is 306 g/mol. The van der Waals surface area contributed by atoms with Crippen LogP contribution in [0.4, 0.5) is 4.79 Å². The van der Waals surface area contributed by atoms with Gasteiger partial charge < -0.3 is 19.9 Å². The molecule has 1 aliphatic rings. The number of benzene rings is 1. The highest BCUT2D eigenvalue weighted by atomic mass is 16.5. The number of aryl methyl sites for hydroxylation is 1. The van der Waals surface area contributed by atoms with Crippen molar-refractivity contribution < 1.29 is 9.53 Å². The van der Waals surface area contributed by atoms with Gasteiger partial charge in [-0.05, 0) is 12.1 Å². The maximum absolute atomic E-state index is 11.4. The summed E-state index contributed by atoms with van der Waals surface area (Å²) in [7, 11) is 3.69. The Kier molecular flexibility index (Phi) is 5.32. The minimum atomic E-state index is -0.157. The van der Waals surface area contributed by atoms with Gasteiger partial charge in [0.05, 0.1) is 30.3 Å². The lowest BCUT2D eigenvalue weighted by Gasteiger charge is -2.35. The topological polar surface area (TPSA) is 71.4 Å². The SMILES string of the molecule is CNC(=O)NCC1COCCN1CCc1nc2ccccc2n1C. The average Bonchev–Trinajstić information content (AvgIpc) is 2.95. The van der Waals surface area contributed by atoms with Gasteiger partial charge in [-0.3, -0.25) is 4.90 Å². The summed E-state index contributed by atoms with van der Waals surface area (Å²) < 4.78 is 7.73. The highest BCUT2D eigenvalue weighted by molar-refractivity contribution is 5.75. The second-order valence-electron chi connectivity index (χ2n) is 6.05. The molecule has 3 rings (SSSR count). The quantitative estimate of drug-likeness (QED) is 0.848. The van der Waals surface area contributed by atoms with Crippen LogP contribution in [0.25, 0.3) is 11.0 Å². The fourth-order valence-electron chi connectivity index (χ4n) is 3.13. The van der Waals surface area contributed by atoms with E-state index in [0.717, 1.165) is 43.0 Å². The van der Waals surface area contributed by atoms with Gasteiger partial charge in [0.15, 0.2) is 0 Å². The predicted octanol–water partition coefficient (Wildman–Crippen LogP) is 0.746. The summed E-state index contributed by atoms with van der Waals surface area (Å²) in [6, 6.07) is 8.24. The Morgan fingerprint density at radius 1 is 1.42 bits per heavy atom. The lowest BCUT2D eigenvalue weighted by Crippen LogP contribution is -2.52. The molecule has 2 amide bonds. The number of para-hydroxylation sites is 2. The van der Waals surface area contributed by atoms with Crippen molar-refractivity contribution in [3.05, 3.63) is 30.1 Å². The Labute approximate surface area is 142 Å². The van der Waals surface area contributed by atoms with E-state index in [1.807, 2.05) is 18.2 Å². The molecule has 2 aromatic rings. The number of amides is 2. The third-order valence-electron chi connectivity index (χ3n) is 4.58. The molecule has 24 heavy (non-hydrogen) atoms. The van der Waals surface area contributed by atoms with E-state index in [4.69, 9.17) is 9.72 Å². The number of rotatable bonds is 5. The molecule has 0 bridgehead atoms. The fraction of sp³-hybridized carbons (Fsp3) is 0.529. The number of ether oxygens (including phenoxy) is 1. The minimum absolute atomic E-state index is 0.157. The third-order valence-corrected chi connectivity index (χ3v) is 4.58. The number of aromatic nitrogens is 2. The second-order valence-corrected chi connectivity index (χ2v) is 6.05. The lowest BCUT2D eigenvalue weighted by atomic mass is 10.2. The fourth-order valence-corrected chi connectivity index (χ4v) is 3.13. The van der Waals surface area contributed by atoms with Crippen molar-refractivity contribution in [3.63, 3.8) is 0 Å². The summed E-state index contributed by atoms with van der Waals surface area (Å²) >= 11 is 0. The summed E-state index contributed by atoms with van der Waals surface area (Å²) in [6.07, 6.45) is 0.877. The van der Waals surface area contributed by atoms with Gasteiger partial charge in [0.1, 0.15) is 5.82 Å². The van der Waals surface area contributed by atoms with Crippen molar-refractivity contribution in [2.24, 2.45) is 7.05 Å². The van der Waals surface area contributed by atoms with E-state index in [-0.39, 0.29) is 12.1 Å². The van der Waals surface area contributed by atoms with Gasteiger partial charge in [-0.2, -0.15) is 0 Å². The third kappa shape index (κ3) is 3.68. The molecule has 0 saturated carbocycles. The van der Waals surface area contributed by atoms with Crippen LogP contribution in [0.1, 0.15) is 5.82 Å². The van der Waals surface area contributed by atoms with Crippen molar-refractivity contribution in [1.82, 2.24) is 25.1 Å². The van der Waals surface area contributed by atoms with Crippen LogP contribution >= 0.6 is 0 Å². The summed E-state index contributed by atoms with van der Waals surface area (Å²) in [4.78, 5) is 18.5. The minimum Gasteiger partial charge on any atom is -0.378 e. The van der Waals surface area contributed by atoms with Gasteiger partial charge in [0.25, 0.3) is 0 Å². The van der Waals surface area contributed by atoms with E-state index in [2.05, 4.69) is 33.2 Å². The van der Waals surface area contributed by atoms with E-state index in [1.165, 1.54) is 0 Å². The summed E-state index contributed by atoms with van der Waals surface area (Å²) in [6.45, 7) is 3.75. The maximum Gasteiger partial charge on any atom is 0.314 e. The second kappa shape index (κ2) is 7.63. The monoisotopic (exact) mass is 331 g/mol. The molecule has 2 heterocycles. The normalized spacial score (nSPS) is 18.7. The lowest BCUT2D eigenvalue weighted by molar-refractivity contribution is -0.00546. The van der Waals surface area contributed by atoms with Crippen LogP contribution in [0.15, 0.2) is 24.3 Å². The molecular formula is C17H25N5O2. The number of hydrogen-bond acceptors (Lipinski definition) is 4. The highest BCUT2D eigenvalue weighted by Crippen LogP contribution is 2.15. The molecule has 1 aromatic heterocycles. The largest absolute Gasteiger partial charge is 0.378 e. The molecule has 0 spiro atoms. The van der Waals surface area contributed by atoms with Gasteiger partial charge in [-0.25, -0.2) is 9.78 Å². The number of carbonyl (C=O) groups is 1. The van der Waals surface area contributed by atoms with Crippen LogP contribution in [0.3, 0.4) is 0 Å². The van der Waals surface area contributed by atoms with Crippen LogP contribution in [0, 0.1) is 0 Å². The molecule has 7 heteroatoms.